The smallest absolute Gasteiger partial charge is 0.238 e. The van der Waals surface area contributed by atoms with Crippen molar-refractivity contribution in [1.29, 1.82) is 0 Å². The molecule has 0 atom stereocenters. The lowest BCUT2D eigenvalue weighted by atomic mass is 10.3. The summed E-state index contributed by atoms with van der Waals surface area (Å²) in [6, 6.07) is 0. The standard InChI is InChI=1S/C4H10N2S/c5-4(6)2-1-3-7/h7H,1-3H2,(H3,5,6)/p+1. The van der Waals surface area contributed by atoms with Gasteiger partial charge < -0.3 is 0 Å². The van der Waals surface area contributed by atoms with Crippen LogP contribution in [-0.4, -0.2) is 11.6 Å². The van der Waals surface area contributed by atoms with Gasteiger partial charge in [-0.15, -0.1) is 0 Å². The van der Waals surface area contributed by atoms with E-state index in [1.54, 1.807) is 0 Å². The van der Waals surface area contributed by atoms with Crippen molar-refractivity contribution in [2.45, 2.75) is 12.8 Å². The maximum Gasteiger partial charge on any atom is 0.238 e. The number of rotatable bonds is 3. The van der Waals surface area contributed by atoms with E-state index < -0.39 is 0 Å². The van der Waals surface area contributed by atoms with Crippen LogP contribution < -0.4 is 11.1 Å². The minimum Gasteiger partial charge on any atom is -0.291 e. The van der Waals surface area contributed by atoms with Crippen LogP contribution in [0.25, 0.3) is 0 Å². The van der Waals surface area contributed by atoms with Crippen LogP contribution in [0.4, 0.5) is 0 Å². The second-order valence-corrected chi connectivity index (χ2v) is 1.85. The summed E-state index contributed by atoms with van der Waals surface area (Å²) >= 11 is 3.97. The average Bonchev–Trinajstić information content (AvgIpc) is 1.61. The van der Waals surface area contributed by atoms with E-state index in [2.05, 4.69) is 12.6 Å². The van der Waals surface area contributed by atoms with Gasteiger partial charge in [-0.2, -0.15) is 12.6 Å². The molecule has 2 nitrogen and oxygen atoms in total. The van der Waals surface area contributed by atoms with Crippen LogP contribution in [0.5, 0.6) is 0 Å². The molecule has 0 aromatic carbocycles. The van der Waals surface area contributed by atoms with Crippen LogP contribution in [-0.2, 0) is 0 Å². The summed E-state index contributed by atoms with van der Waals surface area (Å²) in [6.45, 7) is 0. The molecule has 0 saturated heterocycles. The number of thiol groups is 1. The molecule has 0 radical (unpaired) electrons. The fraction of sp³-hybridized carbons (Fsp3) is 0.750. The molecule has 0 aliphatic rings. The minimum atomic E-state index is 0.508. The number of nitrogens with two attached hydrogens (primary N) is 2. The van der Waals surface area contributed by atoms with Crippen molar-refractivity contribution < 1.29 is 5.41 Å². The predicted octanol–water partition coefficient (Wildman–Crippen LogP) is -1.19. The molecule has 0 aliphatic carbocycles. The third-order valence-corrected chi connectivity index (χ3v) is 0.940. The van der Waals surface area contributed by atoms with Crippen molar-refractivity contribution >= 4 is 18.5 Å². The van der Waals surface area contributed by atoms with Crippen molar-refractivity contribution in [3.8, 4) is 0 Å². The van der Waals surface area contributed by atoms with Crippen LogP contribution in [0.15, 0.2) is 0 Å². The maximum absolute atomic E-state index is 5.14. The van der Waals surface area contributed by atoms with Crippen LogP contribution in [0, 0.1) is 0 Å². The second-order valence-electron chi connectivity index (χ2n) is 1.40. The Labute approximate surface area is 49.0 Å². The van der Waals surface area contributed by atoms with Crippen molar-refractivity contribution in [2.75, 3.05) is 5.75 Å². The number of amidine groups is 1. The molecule has 0 heterocycles. The van der Waals surface area contributed by atoms with Crippen molar-refractivity contribution in [3.63, 3.8) is 0 Å². The second kappa shape index (κ2) is 3.99. The molecule has 0 aliphatic heterocycles. The Morgan fingerprint density at radius 2 is 2.29 bits per heavy atom. The lowest BCUT2D eigenvalue weighted by Crippen LogP contribution is -2.45. The van der Waals surface area contributed by atoms with Gasteiger partial charge >= 0.3 is 0 Å². The first-order valence-electron chi connectivity index (χ1n) is 2.25. The van der Waals surface area contributed by atoms with Crippen LogP contribution in [0.2, 0.25) is 0 Å². The highest BCUT2D eigenvalue weighted by atomic mass is 32.1. The summed E-state index contributed by atoms with van der Waals surface area (Å²) in [4.78, 5) is 0. The summed E-state index contributed by atoms with van der Waals surface area (Å²) in [5.41, 5.74) is 5.14. The fourth-order valence-electron chi connectivity index (χ4n) is 0.283. The Bertz CT molecular complexity index is 62.7. The van der Waals surface area contributed by atoms with Crippen LogP contribution in [0.3, 0.4) is 0 Å². The van der Waals surface area contributed by atoms with Crippen LogP contribution in [0.1, 0.15) is 12.8 Å². The lowest BCUT2D eigenvalue weighted by Gasteiger charge is -1.84. The molecular weight excluding hydrogens is 108 g/mol. The first-order valence-corrected chi connectivity index (χ1v) is 2.88. The molecule has 0 fully saturated rings. The quantitative estimate of drug-likeness (QED) is 0.244. The molecule has 0 aromatic rings. The van der Waals surface area contributed by atoms with Crippen molar-refractivity contribution in [3.05, 3.63) is 0 Å². The van der Waals surface area contributed by atoms with E-state index in [0.717, 1.165) is 18.6 Å². The zero-order valence-corrected chi connectivity index (χ0v) is 5.12. The molecular formula is C4H11N2S+. The van der Waals surface area contributed by atoms with Gasteiger partial charge in [0.1, 0.15) is 0 Å². The minimum absolute atomic E-state index is 0.508. The first-order chi connectivity index (χ1) is 3.27. The molecule has 0 amide bonds. The van der Waals surface area contributed by atoms with E-state index in [-0.39, 0.29) is 0 Å². The molecule has 7 heavy (non-hydrogen) atoms. The largest absolute Gasteiger partial charge is 0.291 e. The normalized spacial score (nSPS) is 8.71. The molecule has 3 heteroatoms. The lowest BCUT2D eigenvalue weighted by molar-refractivity contribution is -0.118. The van der Waals surface area contributed by atoms with Gasteiger partial charge in [0.15, 0.2) is 0 Å². The SMILES string of the molecule is NC(=[NH2+])CCCS. The Morgan fingerprint density at radius 3 is 2.43 bits per heavy atom. The molecule has 0 spiro atoms. The van der Waals surface area contributed by atoms with Gasteiger partial charge in [-0.05, 0) is 12.2 Å². The van der Waals surface area contributed by atoms with Crippen molar-refractivity contribution in [1.82, 2.24) is 0 Å². The van der Waals surface area contributed by atoms with Gasteiger partial charge in [-0.3, -0.25) is 11.1 Å². The molecule has 0 bridgehead atoms. The van der Waals surface area contributed by atoms with Crippen LogP contribution >= 0.6 is 12.6 Å². The highest BCUT2D eigenvalue weighted by Gasteiger charge is 1.90. The third kappa shape index (κ3) is 5.82. The van der Waals surface area contributed by atoms with Gasteiger partial charge in [0.25, 0.3) is 0 Å². The average molecular weight is 119 g/mol. The molecule has 42 valence electrons. The zero-order valence-electron chi connectivity index (χ0n) is 4.22. The van der Waals surface area contributed by atoms with E-state index in [1.165, 1.54) is 0 Å². The van der Waals surface area contributed by atoms with E-state index in [0.29, 0.717) is 5.84 Å². The summed E-state index contributed by atoms with van der Waals surface area (Å²) in [6.07, 6.45) is 1.77. The van der Waals surface area contributed by atoms with E-state index >= 15 is 0 Å². The molecule has 0 rings (SSSR count). The van der Waals surface area contributed by atoms with Gasteiger partial charge in [0, 0.05) is 6.42 Å². The van der Waals surface area contributed by atoms with Gasteiger partial charge in [0.05, 0.1) is 0 Å². The van der Waals surface area contributed by atoms with E-state index in [4.69, 9.17) is 11.1 Å². The predicted molar refractivity (Wildman–Crippen MR) is 34.2 cm³/mol. The number of hydrogen-bond donors (Lipinski definition) is 3. The highest BCUT2D eigenvalue weighted by Crippen LogP contribution is 1.86. The number of hydrogen-bond acceptors (Lipinski definition) is 1. The highest BCUT2D eigenvalue weighted by molar-refractivity contribution is 7.80. The summed E-state index contributed by atoms with van der Waals surface area (Å²) in [7, 11) is 0. The maximum atomic E-state index is 5.14. The van der Waals surface area contributed by atoms with Gasteiger partial charge in [-0.1, -0.05) is 0 Å². The zero-order chi connectivity index (χ0) is 5.70. The Morgan fingerprint density at radius 1 is 1.71 bits per heavy atom. The molecule has 0 unspecified atom stereocenters. The summed E-state index contributed by atoms with van der Waals surface area (Å²) < 4.78 is 0. The Kier molecular flexibility index (Phi) is 3.89. The summed E-state index contributed by atoms with van der Waals surface area (Å²) in [5, 5.41) is 5.14. The van der Waals surface area contributed by atoms with E-state index in [9.17, 15) is 0 Å². The Hall–Kier alpha value is -0.180. The van der Waals surface area contributed by atoms with Gasteiger partial charge in [0.2, 0.25) is 5.84 Å². The van der Waals surface area contributed by atoms with E-state index in [1.807, 2.05) is 0 Å². The third-order valence-electron chi connectivity index (χ3n) is 0.624. The molecule has 4 N–H and O–H groups in total. The Balaban J connectivity index is 2.82. The summed E-state index contributed by atoms with van der Waals surface area (Å²) in [5.74, 6) is 1.37. The topological polar surface area (TPSA) is 51.6 Å². The fourth-order valence-corrected chi connectivity index (χ4v) is 0.441. The van der Waals surface area contributed by atoms with Gasteiger partial charge in [-0.25, -0.2) is 0 Å². The molecule has 0 saturated carbocycles. The molecule has 0 aromatic heterocycles. The monoisotopic (exact) mass is 119 g/mol. The first kappa shape index (κ1) is 6.82. The van der Waals surface area contributed by atoms with Crippen molar-refractivity contribution in [2.24, 2.45) is 5.73 Å².